The molecular weight excluding hydrogens is 232 g/mol. The van der Waals surface area contributed by atoms with Crippen molar-refractivity contribution in [2.45, 2.75) is 12.3 Å². The third kappa shape index (κ3) is 2.43. The molecule has 1 aliphatic heterocycles. The lowest BCUT2D eigenvalue weighted by Crippen LogP contribution is -2.63. The molecule has 0 saturated carbocycles. The van der Waals surface area contributed by atoms with Crippen molar-refractivity contribution in [2.75, 3.05) is 40.2 Å². The van der Waals surface area contributed by atoms with Crippen LogP contribution in [-0.2, 0) is 16.0 Å². The van der Waals surface area contributed by atoms with E-state index < -0.39 is 5.79 Å². The molecule has 5 nitrogen and oxygen atoms in total. The first-order valence-electron chi connectivity index (χ1n) is 5.87. The van der Waals surface area contributed by atoms with E-state index in [9.17, 15) is 0 Å². The second-order valence-electron chi connectivity index (χ2n) is 4.54. The van der Waals surface area contributed by atoms with Gasteiger partial charge in [0.15, 0.2) is 5.79 Å². The lowest BCUT2D eigenvalue weighted by atomic mass is 10.1. The molecule has 0 aliphatic carbocycles. The van der Waals surface area contributed by atoms with Gasteiger partial charge in [0.1, 0.15) is 5.75 Å². The second-order valence-corrected chi connectivity index (χ2v) is 4.54. The van der Waals surface area contributed by atoms with Crippen LogP contribution in [-0.4, -0.2) is 45.1 Å². The van der Waals surface area contributed by atoms with Gasteiger partial charge in [-0.1, -0.05) is 0 Å². The third-order valence-electron chi connectivity index (χ3n) is 3.37. The van der Waals surface area contributed by atoms with E-state index in [4.69, 9.17) is 19.9 Å². The van der Waals surface area contributed by atoms with Crippen molar-refractivity contribution in [3.05, 3.63) is 23.8 Å². The van der Waals surface area contributed by atoms with Gasteiger partial charge in [0, 0.05) is 32.0 Å². The maximum absolute atomic E-state index is 5.80. The number of benzene rings is 1. The molecule has 1 aliphatic rings. The van der Waals surface area contributed by atoms with Gasteiger partial charge >= 0.3 is 0 Å². The Balaban J connectivity index is 2.01. The molecule has 5 heteroatoms. The highest BCUT2D eigenvalue weighted by Crippen LogP contribution is 2.30. The molecule has 1 fully saturated rings. The fourth-order valence-electron chi connectivity index (χ4n) is 2.25. The number of hydrogen-bond donors (Lipinski definition) is 1. The number of nitrogens with two attached hydrogens (primary N) is 1. The van der Waals surface area contributed by atoms with Gasteiger partial charge in [0.05, 0.1) is 20.2 Å². The van der Waals surface area contributed by atoms with Gasteiger partial charge in [0.2, 0.25) is 0 Å². The summed E-state index contributed by atoms with van der Waals surface area (Å²) in [5, 5.41) is 0. The molecule has 0 atom stereocenters. The number of nitrogens with zero attached hydrogens (tertiary/aromatic N) is 1. The van der Waals surface area contributed by atoms with E-state index in [1.54, 1.807) is 21.3 Å². The van der Waals surface area contributed by atoms with E-state index in [2.05, 4.69) is 4.90 Å². The van der Waals surface area contributed by atoms with Crippen molar-refractivity contribution in [3.8, 4) is 5.75 Å². The summed E-state index contributed by atoms with van der Waals surface area (Å²) in [5.74, 6) is 0.407. The van der Waals surface area contributed by atoms with Gasteiger partial charge in [-0.25, -0.2) is 0 Å². The summed E-state index contributed by atoms with van der Waals surface area (Å²) in [5.41, 5.74) is 7.63. The SMILES string of the molecule is COc1ccc(N)cc1CN1CC(OC)(OC)C1. The second kappa shape index (κ2) is 5.14. The van der Waals surface area contributed by atoms with Crippen molar-refractivity contribution >= 4 is 5.69 Å². The highest BCUT2D eigenvalue weighted by Gasteiger charge is 2.43. The number of methoxy groups -OCH3 is 3. The van der Waals surface area contributed by atoms with Crippen molar-refractivity contribution in [1.29, 1.82) is 0 Å². The average molecular weight is 252 g/mol. The Morgan fingerprint density at radius 2 is 1.89 bits per heavy atom. The number of rotatable bonds is 5. The Morgan fingerprint density at radius 1 is 1.22 bits per heavy atom. The summed E-state index contributed by atoms with van der Waals surface area (Å²) < 4.78 is 16.0. The first kappa shape index (κ1) is 13.1. The van der Waals surface area contributed by atoms with Crippen LogP contribution in [0.5, 0.6) is 5.75 Å². The number of hydrogen-bond acceptors (Lipinski definition) is 5. The smallest absolute Gasteiger partial charge is 0.193 e. The highest BCUT2D eigenvalue weighted by atomic mass is 16.7. The third-order valence-corrected chi connectivity index (χ3v) is 3.37. The van der Waals surface area contributed by atoms with Crippen LogP contribution < -0.4 is 10.5 Å². The van der Waals surface area contributed by atoms with E-state index in [0.29, 0.717) is 0 Å². The normalized spacial score (nSPS) is 18.4. The minimum Gasteiger partial charge on any atom is -0.496 e. The Hall–Kier alpha value is -1.30. The van der Waals surface area contributed by atoms with Crippen molar-refractivity contribution < 1.29 is 14.2 Å². The number of anilines is 1. The van der Waals surface area contributed by atoms with Crippen LogP contribution in [0.25, 0.3) is 0 Å². The molecule has 0 amide bonds. The van der Waals surface area contributed by atoms with E-state index in [0.717, 1.165) is 36.6 Å². The number of nitrogen functional groups attached to an aromatic ring is 1. The molecule has 2 rings (SSSR count). The fourth-order valence-corrected chi connectivity index (χ4v) is 2.25. The van der Waals surface area contributed by atoms with E-state index >= 15 is 0 Å². The van der Waals surface area contributed by atoms with Crippen LogP contribution in [0.2, 0.25) is 0 Å². The van der Waals surface area contributed by atoms with Crippen LogP contribution >= 0.6 is 0 Å². The molecule has 1 aromatic carbocycles. The number of likely N-dealkylation sites (tertiary alicyclic amines) is 1. The summed E-state index contributed by atoms with van der Waals surface area (Å²) >= 11 is 0. The van der Waals surface area contributed by atoms with Gasteiger partial charge in [-0.2, -0.15) is 0 Å². The van der Waals surface area contributed by atoms with E-state index in [1.807, 2.05) is 18.2 Å². The Labute approximate surface area is 107 Å². The molecule has 100 valence electrons. The molecule has 0 radical (unpaired) electrons. The van der Waals surface area contributed by atoms with E-state index in [-0.39, 0.29) is 0 Å². The fraction of sp³-hybridized carbons (Fsp3) is 0.538. The summed E-state index contributed by atoms with van der Waals surface area (Å²) in [6.07, 6.45) is 0. The van der Waals surface area contributed by atoms with Crippen molar-refractivity contribution in [2.24, 2.45) is 0 Å². The first-order valence-corrected chi connectivity index (χ1v) is 5.87. The molecule has 1 aromatic rings. The van der Waals surface area contributed by atoms with Crippen LogP contribution in [0, 0.1) is 0 Å². The quantitative estimate of drug-likeness (QED) is 0.628. The maximum atomic E-state index is 5.80. The lowest BCUT2D eigenvalue weighted by molar-refractivity contribution is -0.277. The van der Waals surface area contributed by atoms with Gasteiger partial charge in [-0.05, 0) is 18.2 Å². The van der Waals surface area contributed by atoms with E-state index in [1.165, 1.54) is 0 Å². The highest BCUT2D eigenvalue weighted by molar-refractivity contribution is 5.47. The molecule has 2 N–H and O–H groups in total. The summed E-state index contributed by atoms with van der Waals surface area (Å²) in [6.45, 7) is 2.28. The first-order chi connectivity index (χ1) is 8.62. The zero-order valence-electron chi connectivity index (χ0n) is 11.1. The van der Waals surface area contributed by atoms with Crippen LogP contribution in [0.1, 0.15) is 5.56 Å². The van der Waals surface area contributed by atoms with Crippen molar-refractivity contribution in [1.82, 2.24) is 4.90 Å². The zero-order valence-corrected chi connectivity index (χ0v) is 11.1. The lowest BCUT2D eigenvalue weighted by Gasteiger charge is -2.47. The van der Waals surface area contributed by atoms with Gasteiger partial charge in [-0.3, -0.25) is 4.90 Å². The van der Waals surface area contributed by atoms with Crippen molar-refractivity contribution in [3.63, 3.8) is 0 Å². The molecule has 18 heavy (non-hydrogen) atoms. The maximum Gasteiger partial charge on any atom is 0.193 e. The Kier molecular flexibility index (Phi) is 3.75. The van der Waals surface area contributed by atoms with Gasteiger partial charge < -0.3 is 19.9 Å². The molecule has 0 spiro atoms. The predicted molar refractivity (Wildman–Crippen MR) is 69.4 cm³/mol. The molecular formula is C13H20N2O3. The summed E-state index contributed by atoms with van der Waals surface area (Å²) in [4.78, 5) is 2.23. The molecule has 1 heterocycles. The van der Waals surface area contributed by atoms with Crippen LogP contribution in [0.3, 0.4) is 0 Å². The monoisotopic (exact) mass is 252 g/mol. The molecule has 0 bridgehead atoms. The van der Waals surface area contributed by atoms with Crippen LogP contribution in [0.4, 0.5) is 5.69 Å². The average Bonchev–Trinajstić information content (AvgIpc) is 2.33. The van der Waals surface area contributed by atoms with Crippen LogP contribution in [0.15, 0.2) is 18.2 Å². The topological polar surface area (TPSA) is 57.0 Å². The predicted octanol–water partition coefficient (Wildman–Crippen LogP) is 1.08. The molecule has 1 saturated heterocycles. The minimum atomic E-state index is -0.451. The largest absolute Gasteiger partial charge is 0.496 e. The number of ether oxygens (including phenoxy) is 3. The Bertz CT molecular complexity index is 411. The molecule has 0 unspecified atom stereocenters. The standard InChI is InChI=1S/C13H20N2O3/c1-16-12-5-4-11(14)6-10(12)7-15-8-13(9-15,17-2)18-3/h4-6H,7-9,14H2,1-3H3. The minimum absolute atomic E-state index is 0.451. The molecule has 0 aromatic heterocycles. The Morgan fingerprint density at radius 3 is 2.44 bits per heavy atom. The summed E-state index contributed by atoms with van der Waals surface area (Å²) in [7, 11) is 5.00. The van der Waals surface area contributed by atoms with Gasteiger partial charge in [0.25, 0.3) is 0 Å². The summed E-state index contributed by atoms with van der Waals surface area (Å²) in [6, 6.07) is 5.68. The van der Waals surface area contributed by atoms with Gasteiger partial charge in [-0.15, -0.1) is 0 Å². The zero-order chi connectivity index (χ0) is 13.2.